The van der Waals surface area contributed by atoms with Gasteiger partial charge in [-0.25, -0.2) is 0 Å². The molecule has 72 valence electrons. The molecular formula is C8H16BrNO2. The third-order valence-corrected chi connectivity index (χ3v) is 1.91. The van der Waals surface area contributed by atoms with Gasteiger partial charge >= 0.3 is 0 Å². The Hall–Kier alpha value is -0.0900. The van der Waals surface area contributed by atoms with Gasteiger partial charge in [-0.1, -0.05) is 22.9 Å². The van der Waals surface area contributed by atoms with E-state index in [1.54, 1.807) is 11.8 Å². The van der Waals surface area contributed by atoms with E-state index in [-0.39, 0.29) is 17.3 Å². The van der Waals surface area contributed by atoms with Crippen LogP contribution in [0.2, 0.25) is 0 Å². The lowest BCUT2D eigenvalue weighted by molar-refractivity contribution is -0.130. The molecule has 3 nitrogen and oxygen atoms in total. The van der Waals surface area contributed by atoms with Crippen LogP contribution in [0.3, 0.4) is 0 Å². The first-order valence-electron chi connectivity index (χ1n) is 4.17. The Morgan fingerprint density at radius 3 is 2.50 bits per heavy atom. The van der Waals surface area contributed by atoms with Crippen molar-refractivity contribution in [2.75, 3.05) is 19.7 Å². The van der Waals surface area contributed by atoms with Gasteiger partial charge in [0.15, 0.2) is 0 Å². The Kier molecular flexibility index (Phi) is 6.38. The molecule has 0 aromatic heterocycles. The van der Waals surface area contributed by atoms with E-state index < -0.39 is 0 Å². The number of hydrogen-bond acceptors (Lipinski definition) is 2. The summed E-state index contributed by atoms with van der Waals surface area (Å²) >= 11 is 3.21. The molecule has 0 aliphatic carbocycles. The molecule has 1 unspecified atom stereocenters. The van der Waals surface area contributed by atoms with E-state index in [4.69, 9.17) is 5.11 Å². The van der Waals surface area contributed by atoms with E-state index in [1.165, 1.54) is 0 Å². The van der Waals surface area contributed by atoms with Crippen LogP contribution in [0.25, 0.3) is 0 Å². The maximum absolute atomic E-state index is 11.4. The predicted octanol–water partition coefficient (Wildman–Crippen LogP) is 1.00. The number of aliphatic hydroxyl groups is 1. The zero-order chi connectivity index (χ0) is 9.56. The highest BCUT2D eigenvalue weighted by molar-refractivity contribution is 9.10. The molecule has 1 N–H and O–H groups in total. The van der Waals surface area contributed by atoms with Crippen molar-refractivity contribution in [2.45, 2.75) is 25.1 Å². The van der Waals surface area contributed by atoms with Crippen LogP contribution in [-0.4, -0.2) is 40.4 Å². The molecule has 0 aromatic carbocycles. The smallest absolute Gasteiger partial charge is 0.236 e. The van der Waals surface area contributed by atoms with Gasteiger partial charge in [-0.2, -0.15) is 0 Å². The average molecular weight is 238 g/mol. The third-order valence-electron chi connectivity index (χ3n) is 1.52. The second-order valence-corrected chi connectivity index (χ2v) is 4.04. The van der Waals surface area contributed by atoms with E-state index in [0.717, 1.165) is 13.0 Å². The van der Waals surface area contributed by atoms with Crippen molar-refractivity contribution in [1.29, 1.82) is 0 Å². The quantitative estimate of drug-likeness (QED) is 0.726. The van der Waals surface area contributed by atoms with Crippen LogP contribution < -0.4 is 0 Å². The molecule has 0 heterocycles. The molecule has 4 heteroatoms. The van der Waals surface area contributed by atoms with E-state index in [2.05, 4.69) is 15.9 Å². The Morgan fingerprint density at radius 2 is 2.17 bits per heavy atom. The summed E-state index contributed by atoms with van der Waals surface area (Å²) in [5.74, 6) is 0.0471. The fourth-order valence-corrected chi connectivity index (χ4v) is 1.26. The molecule has 0 radical (unpaired) electrons. The molecule has 0 saturated heterocycles. The number of aliphatic hydroxyl groups excluding tert-OH is 1. The molecule has 1 atom stereocenters. The van der Waals surface area contributed by atoms with Gasteiger partial charge in [0, 0.05) is 13.1 Å². The topological polar surface area (TPSA) is 40.5 Å². The number of halogens is 1. The van der Waals surface area contributed by atoms with E-state index in [0.29, 0.717) is 6.54 Å². The first kappa shape index (κ1) is 11.9. The highest BCUT2D eigenvalue weighted by Gasteiger charge is 2.16. The van der Waals surface area contributed by atoms with Crippen molar-refractivity contribution in [3.05, 3.63) is 0 Å². The largest absolute Gasteiger partial charge is 0.395 e. The second-order valence-electron chi connectivity index (χ2n) is 2.66. The van der Waals surface area contributed by atoms with Crippen molar-refractivity contribution in [2.24, 2.45) is 0 Å². The fourth-order valence-electron chi connectivity index (χ4n) is 0.974. The molecule has 0 rings (SSSR count). The molecular weight excluding hydrogens is 222 g/mol. The second kappa shape index (κ2) is 6.43. The summed E-state index contributed by atoms with van der Waals surface area (Å²) in [6, 6.07) is 0. The minimum Gasteiger partial charge on any atom is -0.395 e. The van der Waals surface area contributed by atoms with Crippen molar-refractivity contribution in [3.8, 4) is 0 Å². The van der Waals surface area contributed by atoms with Crippen molar-refractivity contribution >= 4 is 21.8 Å². The Balaban J connectivity index is 3.99. The zero-order valence-electron chi connectivity index (χ0n) is 7.59. The summed E-state index contributed by atoms with van der Waals surface area (Å²) in [5, 5.41) is 8.68. The normalized spacial score (nSPS) is 12.7. The fraction of sp³-hybridized carbons (Fsp3) is 0.875. The van der Waals surface area contributed by atoms with Crippen molar-refractivity contribution in [3.63, 3.8) is 0 Å². The Bertz CT molecular complexity index is 133. The van der Waals surface area contributed by atoms with Crippen molar-refractivity contribution in [1.82, 2.24) is 4.90 Å². The standard InChI is InChI=1S/C8H16BrNO2/c1-3-4-10(5-6-11)8(12)7(2)9/h7,11H,3-6H2,1-2H3. The molecule has 0 aromatic rings. The Labute approximate surface area is 81.9 Å². The van der Waals surface area contributed by atoms with Gasteiger partial charge in [0.2, 0.25) is 5.91 Å². The maximum Gasteiger partial charge on any atom is 0.236 e. The molecule has 0 spiro atoms. The van der Waals surface area contributed by atoms with Crippen molar-refractivity contribution < 1.29 is 9.90 Å². The molecule has 1 amide bonds. The lowest BCUT2D eigenvalue weighted by atomic mass is 10.3. The number of carbonyl (C=O) groups is 1. The van der Waals surface area contributed by atoms with E-state index in [9.17, 15) is 4.79 Å². The molecule has 12 heavy (non-hydrogen) atoms. The summed E-state index contributed by atoms with van der Waals surface area (Å²) in [5.41, 5.74) is 0. The summed E-state index contributed by atoms with van der Waals surface area (Å²) in [7, 11) is 0. The molecule has 0 fully saturated rings. The maximum atomic E-state index is 11.4. The summed E-state index contributed by atoms with van der Waals surface area (Å²) in [6.07, 6.45) is 0.922. The van der Waals surface area contributed by atoms with Crippen LogP contribution in [-0.2, 0) is 4.79 Å². The minimum absolute atomic E-state index is 0.0332. The van der Waals surface area contributed by atoms with Gasteiger partial charge in [0.1, 0.15) is 0 Å². The first-order chi connectivity index (χ1) is 5.63. The summed E-state index contributed by atoms with van der Waals surface area (Å²) in [4.78, 5) is 12.9. The van der Waals surface area contributed by atoms with Gasteiger partial charge < -0.3 is 10.0 Å². The van der Waals surface area contributed by atoms with Crippen LogP contribution in [0.1, 0.15) is 20.3 Å². The monoisotopic (exact) mass is 237 g/mol. The van der Waals surface area contributed by atoms with Crippen LogP contribution >= 0.6 is 15.9 Å². The van der Waals surface area contributed by atoms with Gasteiger partial charge in [0.05, 0.1) is 11.4 Å². The first-order valence-corrected chi connectivity index (χ1v) is 5.08. The highest BCUT2D eigenvalue weighted by Crippen LogP contribution is 2.04. The number of carbonyl (C=O) groups excluding carboxylic acids is 1. The van der Waals surface area contributed by atoms with E-state index in [1.807, 2.05) is 6.92 Å². The summed E-state index contributed by atoms with van der Waals surface area (Å²) in [6.45, 7) is 4.99. The Morgan fingerprint density at radius 1 is 1.58 bits per heavy atom. The van der Waals surface area contributed by atoms with Gasteiger partial charge in [0.25, 0.3) is 0 Å². The number of hydrogen-bond donors (Lipinski definition) is 1. The van der Waals surface area contributed by atoms with Crippen LogP contribution in [0.4, 0.5) is 0 Å². The van der Waals surface area contributed by atoms with Gasteiger partial charge in [-0.05, 0) is 13.3 Å². The lowest BCUT2D eigenvalue weighted by Gasteiger charge is -2.22. The van der Waals surface area contributed by atoms with E-state index >= 15 is 0 Å². The van der Waals surface area contributed by atoms with Crippen LogP contribution in [0.15, 0.2) is 0 Å². The van der Waals surface area contributed by atoms with Gasteiger partial charge in [-0.15, -0.1) is 0 Å². The SMILES string of the molecule is CCCN(CCO)C(=O)C(C)Br. The van der Waals surface area contributed by atoms with Crippen LogP contribution in [0, 0.1) is 0 Å². The highest BCUT2D eigenvalue weighted by atomic mass is 79.9. The number of nitrogens with zero attached hydrogens (tertiary/aromatic N) is 1. The third kappa shape index (κ3) is 4.07. The number of alkyl halides is 1. The number of rotatable bonds is 5. The van der Waals surface area contributed by atoms with Crippen LogP contribution in [0.5, 0.6) is 0 Å². The molecule has 0 aliphatic rings. The summed E-state index contributed by atoms with van der Waals surface area (Å²) < 4.78 is 0. The van der Waals surface area contributed by atoms with Gasteiger partial charge in [-0.3, -0.25) is 4.79 Å². The zero-order valence-corrected chi connectivity index (χ0v) is 9.17. The predicted molar refractivity (Wildman–Crippen MR) is 52.3 cm³/mol. The molecule has 0 aliphatic heterocycles. The molecule has 0 saturated carbocycles. The number of amides is 1. The average Bonchev–Trinajstić information content (AvgIpc) is 2.03. The minimum atomic E-state index is -0.157. The lowest BCUT2D eigenvalue weighted by Crippen LogP contribution is -2.38. The molecule has 0 bridgehead atoms.